The predicted octanol–water partition coefficient (Wildman–Crippen LogP) is 3.28. The van der Waals surface area contributed by atoms with E-state index in [4.69, 9.17) is 4.74 Å². The van der Waals surface area contributed by atoms with Gasteiger partial charge in [-0.05, 0) is 26.2 Å². The Kier molecular flexibility index (Phi) is 7.43. The molecule has 0 atom stereocenters. The lowest BCUT2D eigenvalue weighted by molar-refractivity contribution is 0.0845. The topological polar surface area (TPSA) is 50.3 Å². The molecular formula is C16H30N4O. The average molecular weight is 294 g/mol. The quantitative estimate of drug-likeness (QED) is 0.757. The third-order valence-electron chi connectivity index (χ3n) is 3.22. The van der Waals surface area contributed by atoms with E-state index in [1.54, 1.807) is 6.33 Å². The lowest BCUT2D eigenvalue weighted by Gasteiger charge is -2.24. The molecule has 0 bridgehead atoms. The summed E-state index contributed by atoms with van der Waals surface area (Å²) in [4.78, 5) is 11.0. The second-order valence-electron chi connectivity index (χ2n) is 5.88. The first-order chi connectivity index (χ1) is 9.97. The Labute approximate surface area is 129 Å². The number of anilines is 2. The molecule has 1 aromatic heterocycles. The predicted molar refractivity (Wildman–Crippen MR) is 89.3 cm³/mol. The molecule has 120 valence electrons. The Morgan fingerprint density at radius 2 is 1.95 bits per heavy atom. The number of likely N-dealkylation sites (N-methyl/N-ethyl adjacent to an activating group) is 1. The van der Waals surface area contributed by atoms with Gasteiger partial charge >= 0.3 is 0 Å². The number of hydrogen-bond donors (Lipinski definition) is 1. The second-order valence-corrected chi connectivity index (χ2v) is 5.88. The van der Waals surface area contributed by atoms with E-state index in [0.717, 1.165) is 31.1 Å². The first-order valence-corrected chi connectivity index (χ1v) is 7.88. The molecule has 5 nitrogen and oxygen atoms in total. The van der Waals surface area contributed by atoms with Gasteiger partial charge < -0.3 is 15.0 Å². The molecule has 0 aliphatic heterocycles. The molecule has 1 aromatic rings. The zero-order chi connectivity index (χ0) is 15.8. The van der Waals surface area contributed by atoms with Gasteiger partial charge in [-0.15, -0.1) is 0 Å². The Bertz CT molecular complexity index is 421. The molecule has 0 spiro atoms. The highest BCUT2D eigenvalue weighted by molar-refractivity contribution is 5.60. The van der Waals surface area contributed by atoms with Gasteiger partial charge in [-0.1, -0.05) is 20.8 Å². The fourth-order valence-electron chi connectivity index (χ4n) is 2.14. The van der Waals surface area contributed by atoms with Crippen molar-refractivity contribution >= 4 is 11.6 Å². The molecule has 1 N–H and O–H groups in total. The SMILES string of the molecule is CCCNc1ncnc(N(C)CCOC(C)C)c1C(C)C. The molecule has 0 aliphatic carbocycles. The highest BCUT2D eigenvalue weighted by Gasteiger charge is 2.17. The van der Waals surface area contributed by atoms with Crippen molar-refractivity contribution in [1.82, 2.24) is 9.97 Å². The minimum Gasteiger partial charge on any atom is -0.377 e. The van der Waals surface area contributed by atoms with E-state index in [9.17, 15) is 0 Å². The van der Waals surface area contributed by atoms with Crippen molar-refractivity contribution < 1.29 is 4.74 Å². The molecule has 0 radical (unpaired) electrons. The van der Waals surface area contributed by atoms with Crippen LogP contribution in [0.5, 0.6) is 0 Å². The van der Waals surface area contributed by atoms with Crippen molar-refractivity contribution in [2.45, 2.75) is 53.1 Å². The van der Waals surface area contributed by atoms with Crippen LogP contribution in [0.25, 0.3) is 0 Å². The van der Waals surface area contributed by atoms with Gasteiger partial charge in [0.2, 0.25) is 0 Å². The third-order valence-corrected chi connectivity index (χ3v) is 3.22. The van der Waals surface area contributed by atoms with Gasteiger partial charge in [0.15, 0.2) is 0 Å². The van der Waals surface area contributed by atoms with E-state index in [1.165, 1.54) is 5.56 Å². The van der Waals surface area contributed by atoms with Crippen LogP contribution >= 0.6 is 0 Å². The van der Waals surface area contributed by atoms with Crippen molar-refractivity contribution in [3.8, 4) is 0 Å². The van der Waals surface area contributed by atoms with E-state index in [-0.39, 0.29) is 6.10 Å². The maximum atomic E-state index is 5.63. The molecule has 0 saturated heterocycles. The Morgan fingerprint density at radius 3 is 2.52 bits per heavy atom. The van der Waals surface area contributed by atoms with Gasteiger partial charge in [-0.3, -0.25) is 0 Å². The summed E-state index contributed by atoms with van der Waals surface area (Å²) in [6.07, 6.45) is 2.98. The van der Waals surface area contributed by atoms with Gasteiger partial charge in [0.25, 0.3) is 0 Å². The first kappa shape index (κ1) is 17.7. The van der Waals surface area contributed by atoms with E-state index in [1.807, 2.05) is 0 Å². The minimum absolute atomic E-state index is 0.259. The fourth-order valence-corrected chi connectivity index (χ4v) is 2.14. The zero-order valence-electron chi connectivity index (χ0n) is 14.3. The maximum Gasteiger partial charge on any atom is 0.137 e. The number of rotatable bonds is 9. The van der Waals surface area contributed by atoms with Gasteiger partial charge in [0.1, 0.15) is 18.0 Å². The lowest BCUT2D eigenvalue weighted by atomic mass is 10.0. The molecule has 21 heavy (non-hydrogen) atoms. The normalized spacial score (nSPS) is 11.2. The van der Waals surface area contributed by atoms with E-state index >= 15 is 0 Å². The Morgan fingerprint density at radius 1 is 1.24 bits per heavy atom. The van der Waals surface area contributed by atoms with E-state index in [2.05, 4.69) is 61.9 Å². The van der Waals surface area contributed by atoms with Gasteiger partial charge in [0.05, 0.1) is 12.7 Å². The van der Waals surface area contributed by atoms with Gasteiger partial charge in [-0.25, -0.2) is 9.97 Å². The maximum absolute atomic E-state index is 5.63. The van der Waals surface area contributed by atoms with Crippen LogP contribution in [0.1, 0.15) is 52.5 Å². The summed E-state index contributed by atoms with van der Waals surface area (Å²) in [6.45, 7) is 13.1. The Hall–Kier alpha value is -1.36. The molecule has 0 fully saturated rings. The number of nitrogens with zero attached hydrogens (tertiary/aromatic N) is 3. The largest absolute Gasteiger partial charge is 0.377 e. The standard InChI is InChI=1S/C16H30N4O/c1-7-8-17-15-14(12(2)3)16(19-11-18-15)20(6)9-10-21-13(4)5/h11-13H,7-10H2,1-6H3,(H,17,18,19). The molecule has 0 aliphatic rings. The van der Waals surface area contributed by atoms with Crippen LogP contribution in [0, 0.1) is 0 Å². The molecular weight excluding hydrogens is 264 g/mol. The third kappa shape index (κ3) is 5.50. The minimum atomic E-state index is 0.259. The van der Waals surface area contributed by atoms with Crippen molar-refractivity contribution in [1.29, 1.82) is 0 Å². The number of aromatic nitrogens is 2. The van der Waals surface area contributed by atoms with E-state index < -0.39 is 0 Å². The summed E-state index contributed by atoms with van der Waals surface area (Å²) in [5, 5.41) is 3.40. The summed E-state index contributed by atoms with van der Waals surface area (Å²) in [6, 6.07) is 0. The van der Waals surface area contributed by atoms with Crippen molar-refractivity contribution in [2.75, 3.05) is 37.0 Å². The Balaban J connectivity index is 2.88. The van der Waals surface area contributed by atoms with Crippen LogP contribution in [-0.2, 0) is 4.74 Å². The fraction of sp³-hybridized carbons (Fsp3) is 0.750. The van der Waals surface area contributed by atoms with Crippen LogP contribution in [0.2, 0.25) is 0 Å². The average Bonchev–Trinajstić information content (AvgIpc) is 2.43. The monoisotopic (exact) mass is 294 g/mol. The highest BCUT2D eigenvalue weighted by Crippen LogP contribution is 2.30. The van der Waals surface area contributed by atoms with Gasteiger partial charge in [0, 0.05) is 25.7 Å². The highest BCUT2D eigenvalue weighted by atomic mass is 16.5. The number of hydrogen-bond acceptors (Lipinski definition) is 5. The zero-order valence-corrected chi connectivity index (χ0v) is 14.3. The van der Waals surface area contributed by atoms with E-state index in [0.29, 0.717) is 12.5 Å². The summed E-state index contributed by atoms with van der Waals surface area (Å²) < 4.78 is 5.63. The second kappa shape index (κ2) is 8.82. The lowest BCUT2D eigenvalue weighted by Crippen LogP contribution is -2.26. The van der Waals surface area contributed by atoms with Crippen molar-refractivity contribution in [2.24, 2.45) is 0 Å². The molecule has 5 heteroatoms. The smallest absolute Gasteiger partial charge is 0.137 e. The molecule has 0 aromatic carbocycles. The molecule has 0 saturated carbocycles. The summed E-state index contributed by atoms with van der Waals surface area (Å²) in [5.41, 5.74) is 1.18. The molecule has 1 rings (SSSR count). The first-order valence-electron chi connectivity index (χ1n) is 7.88. The number of nitrogens with one attached hydrogen (secondary N) is 1. The van der Waals surface area contributed by atoms with Crippen LogP contribution in [0.4, 0.5) is 11.6 Å². The summed E-state index contributed by atoms with van der Waals surface area (Å²) in [7, 11) is 2.06. The molecule has 1 heterocycles. The van der Waals surface area contributed by atoms with Crippen molar-refractivity contribution in [3.05, 3.63) is 11.9 Å². The molecule has 0 amide bonds. The van der Waals surface area contributed by atoms with Crippen LogP contribution in [0.15, 0.2) is 6.33 Å². The summed E-state index contributed by atoms with van der Waals surface area (Å²) in [5.74, 6) is 2.31. The van der Waals surface area contributed by atoms with Crippen LogP contribution in [-0.4, -0.2) is 42.8 Å². The van der Waals surface area contributed by atoms with Crippen LogP contribution < -0.4 is 10.2 Å². The summed E-state index contributed by atoms with van der Waals surface area (Å²) >= 11 is 0. The molecule has 0 unspecified atom stereocenters. The number of ether oxygens (including phenoxy) is 1. The van der Waals surface area contributed by atoms with Gasteiger partial charge in [-0.2, -0.15) is 0 Å². The van der Waals surface area contributed by atoms with Crippen molar-refractivity contribution in [3.63, 3.8) is 0 Å². The van der Waals surface area contributed by atoms with Crippen LogP contribution in [0.3, 0.4) is 0 Å².